The number of nitrogens with two attached hydrogens (primary N) is 1. The van der Waals surface area contributed by atoms with Gasteiger partial charge in [-0.05, 0) is 19.9 Å². The quantitative estimate of drug-likeness (QED) is 0.910. The summed E-state index contributed by atoms with van der Waals surface area (Å²) in [4.78, 5) is 24.4. The van der Waals surface area contributed by atoms with Crippen molar-refractivity contribution in [3.63, 3.8) is 0 Å². The Bertz CT molecular complexity index is 775. The molecule has 0 amide bonds. The molecule has 0 aliphatic heterocycles. The van der Waals surface area contributed by atoms with Crippen LogP contribution in [0.4, 0.5) is 5.69 Å². The van der Waals surface area contributed by atoms with E-state index >= 15 is 0 Å². The number of aromatic nitrogens is 2. The van der Waals surface area contributed by atoms with Crippen molar-refractivity contribution < 1.29 is 4.74 Å². The highest BCUT2D eigenvalue weighted by Crippen LogP contribution is 2.19. The zero-order chi connectivity index (χ0) is 15.6. The number of benzene rings is 1. The summed E-state index contributed by atoms with van der Waals surface area (Å²) in [6.07, 6.45) is 1.38. The van der Waals surface area contributed by atoms with Crippen LogP contribution >= 0.6 is 0 Å². The number of hydrogen-bond donors (Lipinski definition) is 1. The smallest absolute Gasteiger partial charge is 0.331 e. The molecule has 0 saturated heterocycles. The van der Waals surface area contributed by atoms with E-state index in [9.17, 15) is 9.59 Å². The molecule has 2 aromatic rings. The minimum atomic E-state index is -0.478. The van der Waals surface area contributed by atoms with Gasteiger partial charge in [-0.2, -0.15) is 0 Å². The molecule has 0 saturated carbocycles. The molecular formula is C15H19N3O3. The van der Waals surface area contributed by atoms with Gasteiger partial charge in [0.05, 0.1) is 13.7 Å². The molecule has 1 aromatic heterocycles. The second kappa shape index (κ2) is 5.87. The third-order valence-corrected chi connectivity index (χ3v) is 3.37. The van der Waals surface area contributed by atoms with E-state index in [1.54, 1.807) is 7.11 Å². The average molecular weight is 289 g/mol. The van der Waals surface area contributed by atoms with Crippen molar-refractivity contribution in [2.75, 3.05) is 12.8 Å². The summed E-state index contributed by atoms with van der Waals surface area (Å²) in [5.74, 6) is 0.636. The van der Waals surface area contributed by atoms with Crippen molar-refractivity contribution in [3.05, 3.63) is 56.4 Å². The Morgan fingerprint density at radius 2 is 2.00 bits per heavy atom. The molecule has 6 heteroatoms. The molecule has 112 valence electrons. The number of nitrogens with zero attached hydrogens (tertiary/aromatic N) is 2. The highest BCUT2D eigenvalue weighted by atomic mass is 16.5. The fraction of sp³-hybridized carbons (Fsp3) is 0.333. The van der Waals surface area contributed by atoms with Gasteiger partial charge in [0, 0.05) is 18.3 Å². The maximum absolute atomic E-state index is 12.3. The first-order chi connectivity index (χ1) is 9.97. The van der Waals surface area contributed by atoms with Crippen molar-refractivity contribution in [2.24, 2.45) is 0 Å². The molecule has 1 heterocycles. The molecule has 21 heavy (non-hydrogen) atoms. The molecule has 0 atom stereocenters. The summed E-state index contributed by atoms with van der Waals surface area (Å²) in [5, 5.41) is 0. The molecule has 2 N–H and O–H groups in total. The third-order valence-electron chi connectivity index (χ3n) is 3.37. The van der Waals surface area contributed by atoms with E-state index in [4.69, 9.17) is 10.5 Å². The second-order valence-corrected chi connectivity index (χ2v) is 4.86. The summed E-state index contributed by atoms with van der Waals surface area (Å²) in [7, 11) is 1.56. The molecule has 0 fully saturated rings. The van der Waals surface area contributed by atoms with E-state index < -0.39 is 5.56 Å². The molecule has 0 unspecified atom stereocenters. The lowest BCUT2D eigenvalue weighted by Gasteiger charge is -2.13. The molecule has 0 radical (unpaired) electrons. The summed E-state index contributed by atoms with van der Waals surface area (Å²) >= 11 is 0. The minimum Gasteiger partial charge on any atom is -0.496 e. The van der Waals surface area contributed by atoms with Gasteiger partial charge >= 0.3 is 5.69 Å². The first kappa shape index (κ1) is 14.9. The maximum Gasteiger partial charge on any atom is 0.331 e. The van der Waals surface area contributed by atoms with Gasteiger partial charge in [-0.3, -0.25) is 13.9 Å². The van der Waals surface area contributed by atoms with Gasteiger partial charge in [0.1, 0.15) is 11.4 Å². The Kier molecular flexibility index (Phi) is 4.16. The fourth-order valence-electron chi connectivity index (χ4n) is 2.24. The van der Waals surface area contributed by atoms with E-state index in [1.165, 1.54) is 10.8 Å². The first-order valence-corrected chi connectivity index (χ1v) is 6.71. The topological polar surface area (TPSA) is 79.2 Å². The van der Waals surface area contributed by atoms with Crippen LogP contribution in [-0.2, 0) is 13.1 Å². The average Bonchev–Trinajstić information content (AvgIpc) is 2.47. The van der Waals surface area contributed by atoms with Gasteiger partial charge in [0.2, 0.25) is 0 Å². The molecule has 0 bridgehead atoms. The van der Waals surface area contributed by atoms with Gasteiger partial charge in [-0.15, -0.1) is 0 Å². The molecule has 0 spiro atoms. The Labute approximate surface area is 122 Å². The van der Waals surface area contributed by atoms with Crippen molar-refractivity contribution in [1.82, 2.24) is 9.13 Å². The maximum atomic E-state index is 12.3. The van der Waals surface area contributed by atoms with Crippen LogP contribution in [0.1, 0.15) is 18.1 Å². The number of anilines is 1. The van der Waals surface area contributed by atoms with E-state index in [-0.39, 0.29) is 17.9 Å². The predicted molar refractivity (Wildman–Crippen MR) is 81.9 cm³/mol. The van der Waals surface area contributed by atoms with Crippen LogP contribution in [0.15, 0.2) is 34.0 Å². The third kappa shape index (κ3) is 2.84. The summed E-state index contributed by atoms with van der Waals surface area (Å²) < 4.78 is 7.83. The van der Waals surface area contributed by atoms with Crippen molar-refractivity contribution in [3.8, 4) is 5.75 Å². The monoisotopic (exact) mass is 289 g/mol. The minimum absolute atomic E-state index is 0.0584. The normalized spacial score (nSPS) is 10.6. The van der Waals surface area contributed by atoms with Gasteiger partial charge in [-0.25, -0.2) is 4.79 Å². The lowest BCUT2D eigenvalue weighted by molar-refractivity contribution is 0.407. The number of ether oxygens (including phenoxy) is 1. The van der Waals surface area contributed by atoms with Crippen molar-refractivity contribution in [2.45, 2.75) is 26.9 Å². The van der Waals surface area contributed by atoms with E-state index in [0.717, 1.165) is 15.7 Å². The summed E-state index contributed by atoms with van der Waals surface area (Å²) in [5.41, 5.74) is 6.70. The van der Waals surface area contributed by atoms with Gasteiger partial charge < -0.3 is 10.5 Å². The predicted octanol–water partition coefficient (Wildman–Crippen LogP) is 0.977. The molecule has 0 aliphatic carbocycles. The highest BCUT2D eigenvalue weighted by Gasteiger charge is 2.12. The number of hydrogen-bond acceptors (Lipinski definition) is 4. The summed E-state index contributed by atoms with van der Waals surface area (Å²) in [6.45, 7) is 4.35. The highest BCUT2D eigenvalue weighted by molar-refractivity contribution is 5.38. The second-order valence-electron chi connectivity index (χ2n) is 4.86. The molecule has 2 rings (SSSR count). The van der Waals surface area contributed by atoms with E-state index in [1.807, 2.05) is 32.0 Å². The van der Waals surface area contributed by atoms with Crippen LogP contribution in [-0.4, -0.2) is 16.2 Å². The van der Waals surface area contributed by atoms with Crippen LogP contribution in [0, 0.1) is 6.92 Å². The van der Waals surface area contributed by atoms with Gasteiger partial charge in [-0.1, -0.05) is 17.7 Å². The Morgan fingerprint density at radius 1 is 1.29 bits per heavy atom. The van der Waals surface area contributed by atoms with Crippen molar-refractivity contribution in [1.29, 1.82) is 0 Å². The standard InChI is InChI=1S/C15H19N3O3/c1-4-17-9-12(16)14(19)18(15(17)20)8-11-7-10(2)5-6-13(11)21-3/h5-7,9H,4,8,16H2,1-3H3. The number of aryl methyl sites for hydroxylation is 2. The zero-order valence-electron chi connectivity index (χ0n) is 12.4. The number of nitrogen functional groups attached to an aromatic ring is 1. The lowest BCUT2D eigenvalue weighted by Crippen LogP contribution is -2.40. The zero-order valence-corrected chi connectivity index (χ0v) is 12.4. The first-order valence-electron chi connectivity index (χ1n) is 6.71. The SMILES string of the molecule is CCn1cc(N)c(=O)n(Cc2cc(C)ccc2OC)c1=O. The summed E-state index contributed by atoms with van der Waals surface area (Å²) in [6, 6.07) is 5.62. The fourth-order valence-corrected chi connectivity index (χ4v) is 2.24. The number of rotatable bonds is 4. The van der Waals surface area contributed by atoms with Crippen LogP contribution in [0.3, 0.4) is 0 Å². The lowest BCUT2D eigenvalue weighted by atomic mass is 10.1. The molecular weight excluding hydrogens is 270 g/mol. The van der Waals surface area contributed by atoms with E-state index in [2.05, 4.69) is 0 Å². The molecule has 1 aromatic carbocycles. The Morgan fingerprint density at radius 3 is 2.62 bits per heavy atom. The van der Waals surface area contributed by atoms with Gasteiger partial charge in [0.15, 0.2) is 0 Å². The number of methoxy groups -OCH3 is 1. The van der Waals surface area contributed by atoms with Crippen LogP contribution in [0.25, 0.3) is 0 Å². The van der Waals surface area contributed by atoms with E-state index in [0.29, 0.717) is 12.3 Å². The van der Waals surface area contributed by atoms with Crippen LogP contribution < -0.4 is 21.7 Å². The van der Waals surface area contributed by atoms with Crippen LogP contribution in [0.5, 0.6) is 5.75 Å². The Hall–Kier alpha value is -2.50. The van der Waals surface area contributed by atoms with Gasteiger partial charge in [0.25, 0.3) is 5.56 Å². The molecule has 0 aliphatic rings. The van der Waals surface area contributed by atoms with Crippen molar-refractivity contribution >= 4 is 5.69 Å². The van der Waals surface area contributed by atoms with Crippen LogP contribution in [0.2, 0.25) is 0 Å². The largest absolute Gasteiger partial charge is 0.496 e. The Balaban J connectivity index is 2.59. The molecule has 6 nitrogen and oxygen atoms in total.